The van der Waals surface area contributed by atoms with E-state index in [0.29, 0.717) is 11.0 Å². The number of nitrogens with one attached hydrogen (secondary N) is 2. The first-order valence-electron chi connectivity index (χ1n) is 8.78. The molecule has 0 spiro atoms. The van der Waals surface area contributed by atoms with Crippen molar-refractivity contribution in [2.24, 2.45) is 0 Å². The van der Waals surface area contributed by atoms with Crippen molar-refractivity contribution in [1.82, 2.24) is 9.97 Å². The Morgan fingerprint density at radius 1 is 1.10 bits per heavy atom. The summed E-state index contributed by atoms with van der Waals surface area (Å²) in [5.74, 6) is -3.33. The van der Waals surface area contributed by atoms with Gasteiger partial charge in [-0.05, 0) is 48.5 Å². The van der Waals surface area contributed by atoms with Gasteiger partial charge in [0.15, 0.2) is 5.82 Å². The van der Waals surface area contributed by atoms with E-state index in [1.165, 1.54) is 24.5 Å². The van der Waals surface area contributed by atoms with Gasteiger partial charge >= 0.3 is 0 Å². The van der Waals surface area contributed by atoms with Gasteiger partial charge in [0.25, 0.3) is 10.0 Å². The van der Waals surface area contributed by atoms with Gasteiger partial charge in [-0.1, -0.05) is 25.2 Å². The van der Waals surface area contributed by atoms with E-state index in [2.05, 4.69) is 19.2 Å². The number of carbonyl (C=O) groups excluding carboxylic acids is 1. The number of rotatable bonds is 6. The second-order valence-electron chi connectivity index (χ2n) is 6.41. The molecule has 0 aliphatic rings. The maximum absolute atomic E-state index is 15.1. The van der Waals surface area contributed by atoms with Crippen molar-refractivity contribution in [3.63, 3.8) is 0 Å². The highest BCUT2D eigenvalue weighted by Crippen LogP contribution is 2.28. The molecular formula is C21H14F2IN3O3S. The number of ketones is 1. The first kappa shape index (κ1) is 21.2. The largest absolute Gasteiger partial charge is 0.345 e. The van der Waals surface area contributed by atoms with Gasteiger partial charge in [-0.3, -0.25) is 9.52 Å². The fraction of sp³-hybridized carbons (Fsp3) is 0. The highest BCUT2D eigenvalue weighted by molar-refractivity contribution is 14.2. The van der Waals surface area contributed by atoms with Crippen LogP contribution in [0.4, 0.5) is 14.5 Å². The Morgan fingerprint density at radius 2 is 1.84 bits per heavy atom. The predicted octanol–water partition coefficient (Wildman–Crippen LogP) is 4.45. The van der Waals surface area contributed by atoms with Gasteiger partial charge in [0.05, 0.1) is 16.1 Å². The molecule has 0 fully saturated rings. The fourth-order valence-corrected chi connectivity index (χ4v) is 4.95. The Morgan fingerprint density at radius 3 is 2.55 bits per heavy atom. The monoisotopic (exact) mass is 553 g/mol. The van der Waals surface area contributed by atoms with Gasteiger partial charge in [-0.15, -0.1) is 0 Å². The normalized spacial score (nSPS) is 11.5. The van der Waals surface area contributed by atoms with Crippen molar-refractivity contribution < 1.29 is 22.0 Å². The Bertz CT molecular complexity index is 1430. The summed E-state index contributed by atoms with van der Waals surface area (Å²) in [5, 5.41) is 0.394. The van der Waals surface area contributed by atoms with Gasteiger partial charge in [0.1, 0.15) is 11.5 Å². The number of pyridine rings is 1. The van der Waals surface area contributed by atoms with Crippen molar-refractivity contribution in [2.45, 2.75) is 4.90 Å². The second-order valence-corrected chi connectivity index (χ2v) is 10.1. The van der Waals surface area contributed by atoms with Crippen LogP contribution in [0.2, 0.25) is 0 Å². The topological polar surface area (TPSA) is 91.9 Å². The van der Waals surface area contributed by atoms with Crippen LogP contribution in [-0.4, -0.2) is 28.7 Å². The SMILES string of the molecule is C=Ic1ccc(S(=O)(=O)Nc2ccc(F)c(C(=O)c3c[nH]c4ncccc34)c2F)cc1. The molecule has 6 nitrogen and oxygen atoms in total. The minimum absolute atomic E-state index is 0.0213. The zero-order chi connectivity index (χ0) is 22.2. The van der Waals surface area contributed by atoms with E-state index in [0.717, 1.165) is 15.7 Å². The van der Waals surface area contributed by atoms with Crippen LogP contribution in [0.25, 0.3) is 11.0 Å². The number of carbonyl (C=O) groups is 1. The summed E-state index contributed by atoms with van der Waals surface area (Å²) in [6.45, 7) is 0. The smallest absolute Gasteiger partial charge is 0.261 e. The van der Waals surface area contributed by atoms with Crippen molar-refractivity contribution in [1.29, 1.82) is 0 Å². The molecule has 0 amide bonds. The lowest BCUT2D eigenvalue weighted by molar-refractivity contribution is 0.103. The molecule has 2 N–H and O–H groups in total. The molecule has 2 aromatic heterocycles. The molecule has 0 atom stereocenters. The van der Waals surface area contributed by atoms with Gasteiger partial charge < -0.3 is 4.98 Å². The molecule has 158 valence electrons. The third-order valence-electron chi connectivity index (χ3n) is 4.54. The molecule has 0 radical (unpaired) electrons. The Hall–Kier alpha value is -2.99. The Labute approximate surface area is 186 Å². The average Bonchev–Trinajstić information content (AvgIpc) is 3.20. The number of aromatic amines is 1. The molecule has 2 aromatic carbocycles. The number of H-pyrrole nitrogens is 1. The van der Waals surface area contributed by atoms with Crippen LogP contribution in [-0.2, 0) is 10.0 Å². The minimum atomic E-state index is -4.15. The molecule has 0 aliphatic carbocycles. The van der Waals surface area contributed by atoms with Crippen molar-refractivity contribution in [2.75, 3.05) is 4.72 Å². The Balaban J connectivity index is 1.73. The zero-order valence-corrected chi connectivity index (χ0v) is 18.7. The first-order chi connectivity index (χ1) is 14.8. The molecule has 31 heavy (non-hydrogen) atoms. The average molecular weight is 553 g/mol. The highest BCUT2D eigenvalue weighted by Gasteiger charge is 2.26. The van der Waals surface area contributed by atoms with E-state index in [1.807, 2.05) is 0 Å². The number of sulfonamides is 1. The van der Waals surface area contributed by atoms with Crippen molar-refractivity contribution in [3.8, 4) is 0 Å². The number of anilines is 1. The zero-order valence-electron chi connectivity index (χ0n) is 15.7. The lowest BCUT2D eigenvalue weighted by atomic mass is 10.0. The molecule has 10 heteroatoms. The third-order valence-corrected chi connectivity index (χ3v) is 7.52. The van der Waals surface area contributed by atoms with E-state index in [1.54, 1.807) is 24.3 Å². The van der Waals surface area contributed by atoms with E-state index in [9.17, 15) is 17.6 Å². The van der Waals surface area contributed by atoms with Crippen molar-refractivity contribution in [3.05, 3.63) is 87.3 Å². The molecule has 4 aromatic rings. The lowest BCUT2D eigenvalue weighted by Gasteiger charge is -2.12. The summed E-state index contributed by atoms with van der Waals surface area (Å²) >= 11 is -0.453. The maximum atomic E-state index is 15.1. The van der Waals surface area contributed by atoms with E-state index < -0.39 is 59.4 Å². The third kappa shape index (κ3) is 4.00. The van der Waals surface area contributed by atoms with E-state index in [4.69, 9.17) is 0 Å². The summed E-state index contributed by atoms with van der Waals surface area (Å²) < 4.78 is 61.7. The second kappa shape index (κ2) is 8.27. The summed E-state index contributed by atoms with van der Waals surface area (Å²) in [6.07, 6.45) is 2.82. The summed E-state index contributed by atoms with van der Waals surface area (Å²) in [5.41, 5.74) is -0.983. The highest BCUT2D eigenvalue weighted by atomic mass is 127. The number of benzene rings is 2. The molecule has 4 rings (SSSR count). The van der Waals surface area contributed by atoms with Crippen molar-refractivity contribution >= 4 is 57.8 Å². The Kier molecular flexibility index (Phi) is 5.67. The van der Waals surface area contributed by atoms with Gasteiger partial charge in [-0.2, -0.15) is 0 Å². The van der Waals surface area contributed by atoms with Crippen LogP contribution >= 0.6 is 20.7 Å². The van der Waals surface area contributed by atoms with Gasteiger partial charge in [0.2, 0.25) is 5.78 Å². The quantitative estimate of drug-likeness (QED) is 0.273. The maximum Gasteiger partial charge on any atom is 0.261 e. The lowest BCUT2D eigenvalue weighted by Crippen LogP contribution is -2.16. The van der Waals surface area contributed by atoms with Crippen LogP contribution < -0.4 is 4.72 Å². The predicted molar refractivity (Wildman–Crippen MR) is 123 cm³/mol. The standard InChI is InChI=1S/C21H14F2IN3O3S/c1-24-12-4-6-13(7-5-12)31(29,30)27-17-9-8-16(22)18(19(17)23)20(28)15-11-26-21-14(15)3-2-10-25-21/h2-11,27H,1H2,(H,25,26). The van der Waals surface area contributed by atoms with E-state index in [-0.39, 0.29) is 10.5 Å². The minimum Gasteiger partial charge on any atom is -0.345 e. The van der Waals surface area contributed by atoms with Crippen LogP contribution in [0.3, 0.4) is 0 Å². The van der Waals surface area contributed by atoms with Gasteiger partial charge in [-0.25, -0.2) is 22.2 Å². The molecule has 0 bridgehead atoms. The van der Waals surface area contributed by atoms with E-state index >= 15 is 4.39 Å². The molecule has 0 aliphatic heterocycles. The number of aromatic nitrogens is 2. The molecule has 0 saturated heterocycles. The molecular weight excluding hydrogens is 539 g/mol. The number of fused-ring (bicyclic) bond motifs is 1. The number of nitrogens with zero attached hydrogens (tertiary/aromatic N) is 1. The van der Waals surface area contributed by atoms with Crippen LogP contribution in [0.1, 0.15) is 15.9 Å². The summed E-state index contributed by atoms with van der Waals surface area (Å²) in [6, 6.07) is 11.0. The van der Waals surface area contributed by atoms with Gasteiger partial charge in [0, 0.05) is 26.9 Å². The fourth-order valence-electron chi connectivity index (χ4n) is 3.02. The number of hydrogen-bond donors (Lipinski definition) is 2. The summed E-state index contributed by atoms with van der Waals surface area (Å²) in [4.78, 5) is 19.6. The molecule has 0 saturated carbocycles. The number of hydrogen-bond acceptors (Lipinski definition) is 4. The number of halogens is 3. The molecule has 2 heterocycles. The van der Waals surface area contributed by atoms with Crippen LogP contribution in [0, 0.1) is 15.2 Å². The van der Waals surface area contributed by atoms with Crippen LogP contribution in [0.5, 0.6) is 0 Å². The first-order valence-corrected chi connectivity index (χ1v) is 12.9. The summed E-state index contributed by atoms with van der Waals surface area (Å²) in [7, 11) is -4.15. The molecule has 0 unspecified atom stereocenters. The van der Waals surface area contributed by atoms with Crippen LogP contribution in [0.15, 0.2) is 65.8 Å².